The Bertz CT molecular complexity index is 306. The Balaban J connectivity index is 3.31. The van der Waals surface area contributed by atoms with E-state index in [4.69, 9.17) is 11.6 Å². The van der Waals surface area contributed by atoms with Crippen LogP contribution in [-0.2, 0) is 0 Å². The van der Waals surface area contributed by atoms with E-state index in [0.29, 0.717) is 0 Å². The normalized spacial score (nSPS) is 12.7. The van der Waals surface area contributed by atoms with Crippen molar-refractivity contribution in [3.05, 3.63) is 28.5 Å². The SMILES string of the molecule is CC(Br)c1cc(F)c(Cl)cc1N(C)C. The molecular weight excluding hydrogens is 268 g/mol. The molecule has 1 unspecified atom stereocenters. The van der Waals surface area contributed by atoms with E-state index in [1.54, 1.807) is 6.07 Å². The summed E-state index contributed by atoms with van der Waals surface area (Å²) in [7, 11) is 3.81. The fourth-order valence-electron chi connectivity index (χ4n) is 1.26. The van der Waals surface area contributed by atoms with Crippen molar-refractivity contribution in [2.24, 2.45) is 0 Å². The first kappa shape index (κ1) is 11.8. The summed E-state index contributed by atoms with van der Waals surface area (Å²) >= 11 is 9.14. The molecular formula is C10H12BrClFN. The van der Waals surface area contributed by atoms with Gasteiger partial charge >= 0.3 is 0 Å². The Labute approximate surface area is 97.0 Å². The van der Waals surface area contributed by atoms with E-state index in [0.717, 1.165) is 11.3 Å². The topological polar surface area (TPSA) is 3.24 Å². The number of nitrogens with zero attached hydrogens (tertiary/aromatic N) is 1. The lowest BCUT2D eigenvalue weighted by Crippen LogP contribution is -2.12. The van der Waals surface area contributed by atoms with Crippen LogP contribution >= 0.6 is 27.5 Å². The first-order valence-electron chi connectivity index (χ1n) is 4.23. The summed E-state index contributed by atoms with van der Waals surface area (Å²) < 4.78 is 13.2. The van der Waals surface area contributed by atoms with Crippen LogP contribution in [-0.4, -0.2) is 14.1 Å². The van der Waals surface area contributed by atoms with Crippen LogP contribution in [0.2, 0.25) is 5.02 Å². The van der Waals surface area contributed by atoms with Crippen LogP contribution in [0, 0.1) is 5.82 Å². The van der Waals surface area contributed by atoms with Gasteiger partial charge in [0.1, 0.15) is 5.82 Å². The van der Waals surface area contributed by atoms with Gasteiger partial charge in [0.25, 0.3) is 0 Å². The molecule has 0 radical (unpaired) electrons. The summed E-state index contributed by atoms with van der Waals surface area (Å²) in [6.45, 7) is 1.95. The summed E-state index contributed by atoms with van der Waals surface area (Å²) in [5, 5.41) is 0.158. The van der Waals surface area contributed by atoms with E-state index in [-0.39, 0.29) is 15.7 Å². The molecule has 1 rings (SSSR count). The highest BCUT2D eigenvalue weighted by Gasteiger charge is 2.13. The third kappa shape index (κ3) is 2.39. The molecule has 4 heteroatoms. The standard InChI is InChI=1S/C10H12BrClFN/c1-6(11)7-4-9(13)8(12)5-10(7)14(2)3/h4-6H,1-3H3. The zero-order valence-corrected chi connectivity index (χ0v) is 10.7. The Morgan fingerprint density at radius 2 is 2.00 bits per heavy atom. The Morgan fingerprint density at radius 1 is 1.43 bits per heavy atom. The van der Waals surface area contributed by atoms with Crippen LogP contribution in [0.3, 0.4) is 0 Å². The van der Waals surface area contributed by atoms with Gasteiger partial charge in [-0.1, -0.05) is 27.5 Å². The third-order valence-electron chi connectivity index (χ3n) is 1.98. The molecule has 1 atom stereocenters. The third-order valence-corrected chi connectivity index (χ3v) is 2.76. The molecule has 1 aromatic carbocycles. The summed E-state index contributed by atoms with van der Waals surface area (Å²) in [6.07, 6.45) is 0. The maximum atomic E-state index is 13.2. The molecule has 1 nitrogen and oxygen atoms in total. The van der Waals surface area contributed by atoms with Crippen molar-refractivity contribution in [3.63, 3.8) is 0 Å². The van der Waals surface area contributed by atoms with E-state index in [1.807, 2.05) is 25.9 Å². The van der Waals surface area contributed by atoms with Crippen LogP contribution in [0.15, 0.2) is 12.1 Å². The monoisotopic (exact) mass is 279 g/mol. The molecule has 0 bridgehead atoms. The highest BCUT2D eigenvalue weighted by atomic mass is 79.9. The van der Waals surface area contributed by atoms with Gasteiger partial charge in [-0.25, -0.2) is 4.39 Å². The Hall–Kier alpha value is -0.280. The lowest BCUT2D eigenvalue weighted by atomic mass is 10.1. The molecule has 78 valence electrons. The minimum atomic E-state index is -0.376. The number of benzene rings is 1. The van der Waals surface area contributed by atoms with Crippen molar-refractivity contribution in [1.82, 2.24) is 0 Å². The van der Waals surface area contributed by atoms with E-state index >= 15 is 0 Å². The van der Waals surface area contributed by atoms with Gasteiger partial charge in [0, 0.05) is 24.6 Å². The fraction of sp³-hybridized carbons (Fsp3) is 0.400. The van der Waals surface area contributed by atoms with E-state index in [1.165, 1.54) is 6.07 Å². The zero-order valence-electron chi connectivity index (χ0n) is 8.31. The highest BCUT2D eigenvalue weighted by Crippen LogP contribution is 2.34. The first-order valence-corrected chi connectivity index (χ1v) is 5.53. The molecule has 0 fully saturated rings. The predicted molar refractivity (Wildman–Crippen MR) is 63.1 cm³/mol. The lowest BCUT2D eigenvalue weighted by molar-refractivity contribution is 0.626. The van der Waals surface area contributed by atoms with Crippen molar-refractivity contribution in [3.8, 4) is 0 Å². The van der Waals surface area contributed by atoms with Crippen LogP contribution < -0.4 is 4.90 Å². The van der Waals surface area contributed by atoms with Crippen LogP contribution in [0.5, 0.6) is 0 Å². The molecule has 0 saturated carbocycles. The number of hydrogen-bond donors (Lipinski definition) is 0. The number of anilines is 1. The summed E-state index contributed by atoms with van der Waals surface area (Å²) in [5.74, 6) is -0.376. The van der Waals surface area contributed by atoms with Crippen LogP contribution in [0.4, 0.5) is 10.1 Å². The first-order chi connectivity index (χ1) is 6.43. The Morgan fingerprint density at radius 3 is 2.43 bits per heavy atom. The van der Waals surface area contributed by atoms with Crippen molar-refractivity contribution >= 4 is 33.2 Å². The van der Waals surface area contributed by atoms with Gasteiger partial charge in [-0.15, -0.1) is 0 Å². The predicted octanol–water partition coefficient (Wildman–Crippen LogP) is 4.00. The van der Waals surface area contributed by atoms with Gasteiger partial charge < -0.3 is 4.90 Å². The van der Waals surface area contributed by atoms with E-state index in [2.05, 4.69) is 15.9 Å². The molecule has 0 aliphatic rings. The molecule has 1 aromatic rings. The maximum Gasteiger partial charge on any atom is 0.142 e. The summed E-state index contributed by atoms with van der Waals surface area (Å²) in [5.41, 5.74) is 1.83. The van der Waals surface area contributed by atoms with Crippen LogP contribution in [0.25, 0.3) is 0 Å². The zero-order chi connectivity index (χ0) is 10.9. The maximum absolute atomic E-state index is 13.2. The average molecular weight is 281 g/mol. The van der Waals surface area contributed by atoms with E-state index in [9.17, 15) is 4.39 Å². The van der Waals surface area contributed by atoms with Gasteiger partial charge in [0.2, 0.25) is 0 Å². The van der Waals surface area contributed by atoms with Crippen molar-refractivity contribution in [2.75, 3.05) is 19.0 Å². The highest BCUT2D eigenvalue weighted by molar-refractivity contribution is 9.09. The molecule has 0 aromatic heterocycles. The van der Waals surface area contributed by atoms with Gasteiger partial charge in [0.15, 0.2) is 0 Å². The van der Waals surface area contributed by atoms with Crippen molar-refractivity contribution in [1.29, 1.82) is 0 Å². The molecule has 0 amide bonds. The quantitative estimate of drug-likeness (QED) is 0.740. The van der Waals surface area contributed by atoms with Crippen LogP contribution in [0.1, 0.15) is 17.3 Å². The summed E-state index contributed by atoms with van der Waals surface area (Å²) in [4.78, 5) is 2.02. The van der Waals surface area contributed by atoms with Gasteiger partial charge in [-0.2, -0.15) is 0 Å². The number of alkyl halides is 1. The number of rotatable bonds is 2. The minimum Gasteiger partial charge on any atom is -0.377 e. The van der Waals surface area contributed by atoms with Crippen molar-refractivity contribution in [2.45, 2.75) is 11.8 Å². The van der Waals surface area contributed by atoms with E-state index < -0.39 is 0 Å². The molecule has 0 N–H and O–H groups in total. The fourth-order valence-corrected chi connectivity index (χ4v) is 1.78. The molecule has 0 aliphatic carbocycles. The molecule has 0 heterocycles. The number of hydrogen-bond acceptors (Lipinski definition) is 1. The Kier molecular flexibility index (Phi) is 3.78. The summed E-state index contributed by atoms with van der Waals surface area (Å²) in [6, 6.07) is 3.11. The number of halogens is 3. The van der Waals surface area contributed by atoms with Gasteiger partial charge in [-0.05, 0) is 24.6 Å². The van der Waals surface area contributed by atoms with Gasteiger partial charge in [0.05, 0.1) is 5.02 Å². The minimum absolute atomic E-state index is 0.103. The van der Waals surface area contributed by atoms with Gasteiger partial charge in [-0.3, -0.25) is 0 Å². The second kappa shape index (κ2) is 4.49. The smallest absolute Gasteiger partial charge is 0.142 e. The van der Waals surface area contributed by atoms with Crippen molar-refractivity contribution < 1.29 is 4.39 Å². The second-order valence-electron chi connectivity index (χ2n) is 3.34. The lowest BCUT2D eigenvalue weighted by Gasteiger charge is -2.19. The second-order valence-corrected chi connectivity index (χ2v) is 5.12. The molecule has 0 spiro atoms. The molecule has 0 saturated heterocycles. The largest absolute Gasteiger partial charge is 0.377 e. The molecule has 14 heavy (non-hydrogen) atoms. The molecule has 0 aliphatic heterocycles. The average Bonchev–Trinajstić information content (AvgIpc) is 2.08.